The maximum atomic E-state index is 12.7. The highest BCUT2D eigenvalue weighted by atomic mass is 32.2. The van der Waals surface area contributed by atoms with Gasteiger partial charge < -0.3 is 4.74 Å². The minimum Gasteiger partial charge on any atom is -0.497 e. The van der Waals surface area contributed by atoms with E-state index < -0.39 is 21.8 Å². The summed E-state index contributed by atoms with van der Waals surface area (Å²) in [5, 5.41) is 9.24. The molecule has 34 heavy (non-hydrogen) atoms. The lowest BCUT2D eigenvalue weighted by atomic mass is 10.1. The van der Waals surface area contributed by atoms with E-state index in [9.17, 15) is 23.3 Å². The average Bonchev–Trinajstić information content (AvgIpc) is 2.86. The molecule has 3 aromatic carbocycles. The quantitative estimate of drug-likeness (QED) is 0.272. The fourth-order valence-corrected chi connectivity index (χ4v) is 3.90. The Morgan fingerprint density at radius 2 is 1.65 bits per heavy atom. The highest BCUT2D eigenvalue weighted by Crippen LogP contribution is 2.20. The number of carbonyl (C=O) groups is 2. The number of hydrogen-bond donors (Lipinski definition) is 3. The van der Waals surface area contributed by atoms with Crippen LogP contribution in [0.2, 0.25) is 0 Å². The zero-order valence-electron chi connectivity index (χ0n) is 18.0. The molecule has 0 atom stereocenters. The Labute approximate surface area is 196 Å². The average molecular weight is 477 g/mol. The molecule has 0 aliphatic carbocycles. The maximum Gasteiger partial charge on any atom is 0.280 e. The topological polar surface area (TPSA) is 137 Å². The number of nitrogens with one attached hydrogen (secondary N) is 3. The van der Waals surface area contributed by atoms with Gasteiger partial charge in [0.25, 0.3) is 21.8 Å². The van der Waals surface area contributed by atoms with Gasteiger partial charge in [-0.05, 0) is 54.1 Å². The van der Waals surface area contributed by atoms with Gasteiger partial charge in [0.1, 0.15) is 17.4 Å². The lowest BCUT2D eigenvalue weighted by Gasteiger charge is -2.11. The number of benzene rings is 3. The molecule has 2 amide bonds. The van der Waals surface area contributed by atoms with Gasteiger partial charge in [-0.1, -0.05) is 36.4 Å². The first-order valence-corrected chi connectivity index (χ1v) is 11.3. The molecule has 0 saturated carbocycles. The summed E-state index contributed by atoms with van der Waals surface area (Å²) in [6, 6.07) is 22.1. The number of hydrogen-bond acceptors (Lipinski definition) is 6. The molecule has 0 aromatic heterocycles. The van der Waals surface area contributed by atoms with Crippen molar-refractivity contribution < 1.29 is 22.7 Å². The Kier molecular flexibility index (Phi) is 7.63. The van der Waals surface area contributed by atoms with Crippen LogP contribution in [0.5, 0.6) is 5.75 Å². The number of ether oxygens (including phenoxy) is 1. The van der Waals surface area contributed by atoms with E-state index in [1.165, 1.54) is 49.6 Å². The Morgan fingerprint density at radius 3 is 2.29 bits per heavy atom. The minimum atomic E-state index is -3.98. The fourth-order valence-electron chi connectivity index (χ4n) is 2.80. The largest absolute Gasteiger partial charge is 0.497 e. The third kappa shape index (κ3) is 6.21. The van der Waals surface area contributed by atoms with Gasteiger partial charge in [-0.2, -0.15) is 5.26 Å². The molecule has 3 aromatic rings. The van der Waals surface area contributed by atoms with Crippen LogP contribution in [0.3, 0.4) is 0 Å². The molecular formula is C24H20N4O5S. The first kappa shape index (κ1) is 24.0. The Hall–Kier alpha value is -4.62. The van der Waals surface area contributed by atoms with Crippen molar-refractivity contribution in [1.82, 2.24) is 10.9 Å². The van der Waals surface area contributed by atoms with Gasteiger partial charge in [0.2, 0.25) is 0 Å². The highest BCUT2D eigenvalue weighted by molar-refractivity contribution is 7.92. The van der Waals surface area contributed by atoms with Crippen LogP contribution >= 0.6 is 0 Å². The van der Waals surface area contributed by atoms with Crippen molar-refractivity contribution in [1.29, 1.82) is 5.26 Å². The molecule has 0 saturated heterocycles. The zero-order chi connectivity index (χ0) is 24.6. The summed E-state index contributed by atoms with van der Waals surface area (Å²) < 4.78 is 32.9. The lowest BCUT2D eigenvalue weighted by molar-refractivity contribution is -0.117. The molecule has 9 nitrogen and oxygen atoms in total. The van der Waals surface area contributed by atoms with Crippen molar-refractivity contribution in [3.63, 3.8) is 0 Å². The van der Waals surface area contributed by atoms with E-state index in [-0.39, 0.29) is 16.0 Å². The summed E-state index contributed by atoms with van der Waals surface area (Å²) in [6.45, 7) is 0. The van der Waals surface area contributed by atoms with Crippen molar-refractivity contribution in [2.75, 3.05) is 11.8 Å². The molecule has 0 fully saturated rings. The van der Waals surface area contributed by atoms with Gasteiger partial charge in [0.05, 0.1) is 12.0 Å². The Bertz CT molecular complexity index is 1360. The third-order valence-electron chi connectivity index (χ3n) is 4.51. The lowest BCUT2D eigenvalue weighted by Crippen LogP contribution is -2.42. The third-order valence-corrected chi connectivity index (χ3v) is 5.89. The van der Waals surface area contributed by atoms with Gasteiger partial charge >= 0.3 is 0 Å². The number of nitriles is 1. The van der Waals surface area contributed by atoms with Crippen molar-refractivity contribution in [3.05, 3.63) is 95.6 Å². The summed E-state index contributed by atoms with van der Waals surface area (Å²) in [5.41, 5.74) is 5.07. The molecule has 3 rings (SSSR count). The maximum absolute atomic E-state index is 12.7. The van der Waals surface area contributed by atoms with Crippen LogP contribution in [0.4, 0.5) is 5.69 Å². The molecule has 172 valence electrons. The van der Waals surface area contributed by atoms with Crippen LogP contribution in [0, 0.1) is 11.3 Å². The highest BCUT2D eigenvalue weighted by Gasteiger charge is 2.17. The van der Waals surface area contributed by atoms with Gasteiger partial charge in [-0.25, -0.2) is 8.42 Å². The van der Waals surface area contributed by atoms with Crippen LogP contribution < -0.4 is 20.3 Å². The van der Waals surface area contributed by atoms with Crippen molar-refractivity contribution in [2.45, 2.75) is 4.90 Å². The van der Waals surface area contributed by atoms with Crippen LogP contribution in [0.1, 0.15) is 15.9 Å². The number of sulfonamides is 1. The van der Waals surface area contributed by atoms with Gasteiger partial charge in [0.15, 0.2) is 0 Å². The summed E-state index contributed by atoms with van der Waals surface area (Å²) in [6.07, 6.45) is 1.37. The zero-order valence-corrected chi connectivity index (χ0v) is 18.8. The van der Waals surface area contributed by atoms with E-state index >= 15 is 0 Å². The second-order valence-corrected chi connectivity index (χ2v) is 8.53. The van der Waals surface area contributed by atoms with E-state index in [0.717, 1.165) is 0 Å². The minimum absolute atomic E-state index is 0.0107. The van der Waals surface area contributed by atoms with Gasteiger partial charge in [0, 0.05) is 11.3 Å². The molecular weight excluding hydrogens is 456 g/mol. The summed E-state index contributed by atoms with van der Waals surface area (Å²) in [5.74, 6) is -1.00. The number of anilines is 1. The molecule has 0 heterocycles. The molecule has 0 aliphatic rings. The van der Waals surface area contributed by atoms with E-state index in [2.05, 4.69) is 15.6 Å². The normalized spacial score (nSPS) is 11.1. The monoisotopic (exact) mass is 476 g/mol. The van der Waals surface area contributed by atoms with E-state index in [1.807, 2.05) is 0 Å². The van der Waals surface area contributed by atoms with Crippen molar-refractivity contribution in [3.8, 4) is 11.8 Å². The number of methoxy groups -OCH3 is 1. The smallest absolute Gasteiger partial charge is 0.280 e. The number of hydrazine groups is 1. The summed E-state index contributed by atoms with van der Waals surface area (Å²) >= 11 is 0. The van der Waals surface area contributed by atoms with Crippen LogP contribution in [-0.2, 0) is 14.8 Å². The predicted molar refractivity (Wildman–Crippen MR) is 126 cm³/mol. The fraction of sp³-hybridized carbons (Fsp3) is 0.0417. The van der Waals surface area contributed by atoms with Crippen LogP contribution in [0.15, 0.2) is 89.3 Å². The SMILES string of the molecule is COc1ccc(NS(=O)(=O)c2cccc(C(=O)NNC(=O)/C(C#N)=C/c3ccccc3)c2)cc1. The second-order valence-electron chi connectivity index (χ2n) is 6.85. The van der Waals surface area contributed by atoms with E-state index in [0.29, 0.717) is 17.0 Å². The number of carbonyl (C=O) groups excluding carboxylic acids is 2. The van der Waals surface area contributed by atoms with Gasteiger partial charge in [-0.3, -0.25) is 25.2 Å². The number of rotatable bonds is 7. The molecule has 3 N–H and O–H groups in total. The summed E-state index contributed by atoms with van der Waals surface area (Å²) in [7, 11) is -2.48. The first-order chi connectivity index (χ1) is 16.3. The van der Waals surface area contributed by atoms with Gasteiger partial charge in [-0.15, -0.1) is 0 Å². The first-order valence-electron chi connectivity index (χ1n) is 9.87. The molecule has 10 heteroatoms. The Morgan fingerprint density at radius 1 is 0.941 bits per heavy atom. The summed E-state index contributed by atoms with van der Waals surface area (Å²) in [4.78, 5) is 24.6. The molecule has 0 bridgehead atoms. The van der Waals surface area contributed by atoms with Crippen molar-refractivity contribution in [2.24, 2.45) is 0 Å². The Balaban J connectivity index is 1.68. The molecule has 0 spiro atoms. The number of amides is 2. The molecule has 0 radical (unpaired) electrons. The number of nitrogens with zero attached hydrogens (tertiary/aromatic N) is 1. The second kappa shape index (κ2) is 10.8. The predicted octanol–water partition coefficient (Wildman–Crippen LogP) is 2.86. The standard InChI is InChI=1S/C24H20N4O5S/c1-33-21-12-10-20(11-13-21)28-34(31,32)22-9-5-8-18(15-22)23(29)26-27-24(30)19(16-25)14-17-6-3-2-4-7-17/h2-15,28H,1H3,(H,26,29)(H,27,30)/b19-14+. The van der Waals surface area contributed by atoms with Crippen LogP contribution in [0.25, 0.3) is 6.08 Å². The van der Waals surface area contributed by atoms with E-state index in [1.54, 1.807) is 48.5 Å². The van der Waals surface area contributed by atoms with Crippen molar-refractivity contribution >= 4 is 33.6 Å². The van der Waals surface area contributed by atoms with E-state index in [4.69, 9.17) is 4.74 Å². The van der Waals surface area contributed by atoms with Crippen LogP contribution in [-0.4, -0.2) is 27.3 Å². The molecule has 0 unspecified atom stereocenters. The molecule has 0 aliphatic heterocycles.